The molecule has 1 aliphatic heterocycles. The molecule has 1 aliphatic rings. The Kier molecular flexibility index (Phi) is 1.85. The number of nitrogens with zero attached hydrogens (tertiary/aromatic N) is 1. The second kappa shape index (κ2) is 2.87. The topological polar surface area (TPSA) is 24.9 Å². The van der Waals surface area contributed by atoms with Crippen molar-refractivity contribution in [3.63, 3.8) is 0 Å². The van der Waals surface area contributed by atoms with E-state index in [0.29, 0.717) is 5.92 Å². The average molecular weight is 162 g/mol. The van der Waals surface area contributed by atoms with Crippen LogP contribution in [0, 0.1) is 13.8 Å². The molecule has 2 rings (SSSR count). The summed E-state index contributed by atoms with van der Waals surface area (Å²) >= 11 is 0. The van der Waals surface area contributed by atoms with E-state index in [1.165, 1.54) is 11.3 Å². The van der Waals surface area contributed by atoms with E-state index in [0.717, 1.165) is 18.8 Å². The van der Waals surface area contributed by atoms with Crippen LogP contribution >= 0.6 is 0 Å². The van der Waals surface area contributed by atoms with Gasteiger partial charge in [0.15, 0.2) is 0 Å². The van der Waals surface area contributed by atoms with Gasteiger partial charge in [-0.1, -0.05) is 6.07 Å². The molecule has 2 heterocycles. The van der Waals surface area contributed by atoms with Crippen molar-refractivity contribution in [3.05, 3.63) is 29.1 Å². The quantitative estimate of drug-likeness (QED) is 0.675. The van der Waals surface area contributed by atoms with E-state index in [-0.39, 0.29) is 0 Å². The van der Waals surface area contributed by atoms with Crippen LogP contribution in [0.15, 0.2) is 12.1 Å². The van der Waals surface area contributed by atoms with E-state index in [4.69, 9.17) is 0 Å². The molecule has 1 aromatic rings. The van der Waals surface area contributed by atoms with Gasteiger partial charge in [0, 0.05) is 30.4 Å². The molecule has 1 N–H and O–H groups in total. The molecule has 0 unspecified atom stereocenters. The second-order valence-electron chi connectivity index (χ2n) is 3.48. The first kappa shape index (κ1) is 7.74. The SMILES string of the molecule is Cc1ccc(C2CNC2)c(C)n1. The molecule has 0 aromatic carbocycles. The van der Waals surface area contributed by atoms with Gasteiger partial charge in [-0.25, -0.2) is 0 Å². The summed E-state index contributed by atoms with van der Waals surface area (Å²) in [6, 6.07) is 4.31. The van der Waals surface area contributed by atoms with E-state index in [1.54, 1.807) is 0 Å². The summed E-state index contributed by atoms with van der Waals surface area (Å²) in [7, 11) is 0. The van der Waals surface area contributed by atoms with Crippen LogP contribution in [0.5, 0.6) is 0 Å². The summed E-state index contributed by atoms with van der Waals surface area (Å²) in [6.45, 7) is 6.37. The van der Waals surface area contributed by atoms with Gasteiger partial charge in [0.05, 0.1) is 0 Å². The highest BCUT2D eigenvalue weighted by Crippen LogP contribution is 2.21. The minimum atomic E-state index is 0.707. The Morgan fingerprint density at radius 3 is 2.58 bits per heavy atom. The maximum atomic E-state index is 4.45. The predicted octanol–water partition coefficient (Wildman–Crippen LogP) is 1.39. The molecule has 0 radical (unpaired) electrons. The van der Waals surface area contributed by atoms with E-state index < -0.39 is 0 Å². The van der Waals surface area contributed by atoms with Crippen molar-refractivity contribution >= 4 is 0 Å². The second-order valence-corrected chi connectivity index (χ2v) is 3.48. The van der Waals surface area contributed by atoms with Crippen molar-refractivity contribution in [1.82, 2.24) is 10.3 Å². The van der Waals surface area contributed by atoms with E-state index in [9.17, 15) is 0 Å². The molecule has 1 saturated heterocycles. The third-order valence-electron chi connectivity index (χ3n) is 2.49. The number of aryl methyl sites for hydroxylation is 2. The summed E-state index contributed by atoms with van der Waals surface area (Å²) in [5.74, 6) is 0.707. The van der Waals surface area contributed by atoms with Gasteiger partial charge in [-0.15, -0.1) is 0 Å². The van der Waals surface area contributed by atoms with E-state index >= 15 is 0 Å². The number of aromatic nitrogens is 1. The minimum Gasteiger partial charge on any atom is -0.315 e. The molecular formula is C10H14N2. The Bertz CT molecular complexity index is 290. The molecule has 12 heavy (non-hydrogen) atoms. The zero-order chi connectivity index (χ0) is 8.55. The molecule has 0 atom stereocenters. The Morgan fingerprint density at radius 2 is 2.08 bits per heavy atom. The van der Waals surface area contributed by atoms with Crippen LogP contribution in [-0.4, -0.2) is 18.1 Å². The van der Waals surface area contributed by atoms with Crippen molar-refractivity contribution < 1.29 is 0 Å². The lowest BCUT2D eigenvalue weighted by Gasteiger charge is -2.28. The number of nitrogens with one attached hydrogen (secondary N) is 1. The van der Waals surface area contributed by atoms with Crippen molar-refractivity contribution in [2.45, 2.75) is 19.8 Å². The lowest BCUT2D eigenvalue weighted by Crippen LogP contribution is -2.40. The first-order chi connectivity index (χ1) is 5.77. The number of hydrogen-bond donors (Lipinski definition) is 1. The van der Waals surface area contributed by atoms with Gasteiger partial charge in [-0.2, -0.15) is 0 Å². The number of rotatable bonds is 1. The van der Waals surface area contributed by atoms with Gasteiger partial charge in [-0.05, 0) is 25.5 Å². The van der Waals surface area contributed by atoms with Crippen LogP contribution in [0.2, 0.25) is 0 Å². The molecule has 0 aliphatic carbocycles. The first-order valence-electron chi connectivity index (χ1n) is 4.42. The molecule has 0 saturated carbocycles. The third-order valence-corrected chi connectivity index (χ3v) is 2.49. The summed E-state index contributed by atoms with van der Waals surface area (Å²) in [4.78, 5) is 4.45. The maximum Gasteiger partial charge on any atom is 0.0411 e. The molecule has 1 aromatic heterocycles. The Labute approximate surface area is 73.0 Å². The van der Waals surface area contributed by atoms with Crippen LogP contribution in [0.3, 0.4) is 0 Å². The van der Waals surface area contributed by atoms with Crippen LogP contribution in [0.25, 0.3) is 0 Å². The maximum absolute atomic E-state index is 4.45. The highest BCUT2D eigenvalue weighted by molar-refractivity contribution is 5.27. The molecule has 64 valence electrons. The van der Waals surface area contributed by atoms with Crippen molar-refractivity contribution in [2.24, 2.45) is 0 Å². The Balaban J connectivity index is 2.31. The first-order valence-corrected chi connectivity index (χ1v) is 4.42. The zero-order valence-electron chi connectivity index (χ0n) is 7.59. The smallest absolute Gasteiger partial charge is 0.0411 e. The third kappa shape index (κ3) is 1.23. The highest BCUT2D eigenvalue weighted by Gasteiger charge is 2.20. The lowest BCUT2D eigenvalue weighted by atomic mass is 9.92. The molecular weight excluding hydrogens is 148 g/mol. The van der Waals surface area contributed by atoms with E-state index in [1.807, 2.05) is 6.92 Å². The van der Waals surface area contributed by atoms with E-state index in [2.05, 4.69) is 29.4 Å². The van der Waals surface area contributed by atoms with Gasteiger partial charge in [-0.3, -0.25) is 4.98 Å². The van der Waals surface area contributed by atoms with Crippen molar-refractivity contribution in [2.75, 3.05) is 13.1 Å². The summed E-state index contributed by atoms with van der Waals surface area (Å²) < 4.78 is 0. The van der Waals surface area contributed by atoms with Gasteiger partial charge in [0.25, 0.3) is 0 Å². The van der Waals surface area contributed by atoms with Gasteiger partial charge < -0.3 is 5.32 Å². The number of pyridine rings is 1. The summed E-state index contributed by atoms with van der Waals surface area (Å²) in [6.07, 6.45) is 0. The highest BCUT2D eigenvalue weighted by atomic mass is 14.9. The minimum absolute atomic E-state index is 0.707. The summed E-state index contributed by atoms with van der Waals surface area (Å²) in [5.41, 5.74) is 3.73. The average Bonchev–Trinajstić information content (AvgIpc) is 1.91. The monoisotopic (exact) mass is 162 g/mol. The molecule has 2 heteroatoms. The fraction of sp³-hybridized carbons (Fsp3) is 0.500. The Hall–Kier alpha value is -0.890. The molecule has 2 nitrogen and oxygen atoms in total. The number of hydrogen-bond acceptors (Lipinski definition) is 2. The molecule has 0 spiro atoms. The largest absolute Gasteiger partial charge is 0.315 e. The van der Waals surface area contributed by atoms with Gasteiger partial charge in [0.1, 0.15) is 0 Å². The molecule has 0 amide bonds. The molecule has 0 bridgehead atoms. The fourth-order valence-corrected chi connectivity index (χ4v) is 1.64. The predicted molar refractivity (Wildman–Crippen MR) is 49.3 cm³/mol. The van der Waals surface area contributed by atoms with Crippen molar-refractivity contribution in [1.29, 1.82) is 0 Å². The van der Waals surface area contributed by atoms with Crippen LogP contribution in [0.4, 0.5) is 0 Å². The van der Waals surface area contributed by atoms with Crippen LogP contribution in [-0.2, 0) is 0 Å². The fourth-order valence-electron chi connectivity index (χ4n) is 1.64. The lowest BCUT2D eigenvalue weighted by molar-refractivity contribution is 0.445. The van der Waals surface area contributed by atoms with Gasteiger partial charge in [0.2, 0.25) is 0 Å². The Morgan fingerprint density at radius 1 is 1.33 bits per heavy atom. The zero-order valence-corrected chi connectivity index (χ0v) is 7.59. The van der Waals surface area contributed by atoms with Crippen LogP contribution < -0.4 is 5.32 Å². The van der Waals surface area contributed by atoms with Crippen LogP contribution in [0.1, 0.15) is 22.9 Å². The normalized spacial score (nSPS) is 17.5. The van der Waals surface area contributed by atoms with Crippen molar-refractivity contribution in [3.8, 4) is 0 Å². The van der Waals surface area contributed by atoms with Gasteiger partial charge >= 0.3 is 0 Å². The molecule has 1 fully saturated rings. The standard InChI is InChI=1S/C10H14N2/c1-7-3-4-10(8(2)12-7)9-5-11-6-9/h3-4,9,11H,5-6H2,1-2H3. The summed E-state index contributed by atoms with van der Waals surface area (Å²) in [5, 5.41) is 3.27.